The minimum atomic E-state index is -1.05. The Labute approximate surface area is 111 Å². The fourth-order valence-corrected chi connectivity index (χ4v) is 2.10. The number of hydrogen-bond acceptors (Lipinski definition) is 3. The van der Waals surface area contributed by atoms with E-state index in [0.717, 1.165) is 24.8 Å². The molecule has 1 N–H and O–H groups in total. The first-order valence-electron chi connectivity index (χ1n) is 6.08. The van der Waals surface area contributed by atoms with Gasteiger partial charge in [0.1, 0.15) is 5.82 Å². The van der Waals surface area contributed by atoms with Gasteiger partial charge in [0.25, 0.3) is 0 Å². The summed E-state index contributed by atoms with van der Waals surface area (Å²) in [5, 5.41) is 8.59. The smallest absolute Gasteiger partial charge is 0.328 e. The van der Waals surface area contributed by atoms with Crippen LogP contribution < -0.4 is 4.90 Å². The Balaban J connectivity index is 2.22. The molecule has 1 fully saturated rings. The molecule has 1 saturated heterocycles. The van der Waals surface area contributed by atoms with Gasteiger partial charge >= 0.3 is 5.97 Å². The molecule has 1 unspecified atom stereocenters. The highest BCUT2D eigenvalue weighted by atomic mass is 19.1. The van der Waals surface area contributed by atoms with E-state index >= 15 is 0 Å². The van der Waals surface area contributed by atoms with E-state index in [1.165, 1.54) is 18.2 Å². The molecule has 2 rings (SSSR count). The Morgan fingerprint density at radius 1 is 1.53 bits per heavy atom. The Morgan fingerprint density at radius 3 is 2.95 bits per heavy atom. The number of carboxylic acids is 1. The second kappa shape index (κ2) is 5.84. The quantitative estimate of drug-likeness (QED) is 0.847. The van der Waals surface area contributed by atoms with E-state index < -0.39 is 5.97 Å². The second-order valence-electron chi connectivity index (χ2n) is 4.54. The molecule has 1 aliphatic heterocycles. The van der Waals surface area contributed by atoms with Gasteiger partial charge in [0, 0.05) is 25.4 Å². The molecule has 1 aliphatic rings. The van der Waals surface area contributed by atoms with Crippen LogP contribution in [0.1, 0.15) is 12.0 Å². The molecule has 0 spiro atoms. The van der Waals surface area contributed by atoms with Crippen LogP contribution in [-0.4, -0.2) is 37.4 Å². The third-order valence-electron chi connectivity index (χ3n) is 3.18. The fraction of sp³-hybridized carbons (Fsp3) is 0.357. The lowest BCUT2D eigenvalue weighted by Gasteiger charge is -2.25. The number of anilines is 1. The molecular weight excluding hydrogens is 249 g/mol. The maximum Gasteiger partial charge on any atom is 0.328 e. The summed E-state index contributed by atoms with van der Waals surface area (Å²) >= 11 is 0. The van der Waals surface area contributed by atoms with Crippen LogP contribution in [0.15, 0.2) is 24.3 Å². The SMILES string of the molecule is CN(c1cc(F)cc(/C=C/C(=O)O)c1)C1CCOC1. The van der Waals surface area contributed by atoms with Crippen LogP contribution in [0.3, 0.4) is 0 Å². The Bertz CT molecular complexity index is 495. The van der Waals surface area contributed by atoms with Crippen molar-refractivity contribution in [1.29, 1.82) is 0 Å². The van der Waals surface area contributed by atoms with Gasteiger partial charge in [-0.1, -0.05) is 0 Å². The van der Waals surface area contributed by atoms with Crippen molar-refractivity contribution in [2.45, 2.75) is 12.5 Å². The monoisotopic (exact) mass is 265 g/mol. The summed E-state index contributed by atoms with van der Waals surface area (Å²) in [5.41, 5.74) is 1.25. The van der Waals surface area contributed by atoms with Gasteiger partial charge in [-0.05, 0) is 36.3 Å². The van der Waals surface area contributed by atoms with E-state index in [4.69, 9.17) is 9.84 Å². The Morgan fingerprint density at radius 2 is 2.32 bits per heavy atom. The molecule has 1 aromatic carbocycles. The number of carbonyl (C=O) groups is 1. The van der Waals surface area contributed by atoms with Crippen molar-refractivity contribution in [3.63, 3.8) is 0 Å². The van der Waals surface area contributed by atoms with Crippen LogP contribution in [0, 0.1) is 5.82 Å². The summed E-state index contributed by atoms with van der Waals surface area (Å²) in [7, 11) is 1.89. The van der Waals surface area contributed by atoms with Crippen LogP contribution in [0.4, 0.5) is 10.1 Å². The number of likely N-dealkylation sites (N-methyl/N-ethyl adjacent to an activating group) is 1. The first kappa shape index (κ1) is 13.5. The standard InChI is InChI=1S/C14H16FNO3/c1-16(12-4-5-19-9-12)13-7-10(2-3-14(17)18)6-11(15)8-13/h2-3,6-8,12H,4-5,9H2,1H3,(H,17,18)/b3-2+. The molecule has 0 saturated carbocycles. The molecule has 0 aliphatic carbocycles. The normalized spacial score (nSPS) is 18.9. The average Bonchev–Trinajstić information content (AvgIpc) is 2.88. The predicted molar refractivity (Wildman–Crippen MR) is 70.7 cm³/mol. The molecule has 4 nitrogen and oxygen atoms in total. The molecule has 0 radical (unpaired) electrons. The lowest BCUT2D eigenvalue weighted by Crippen LogP contribution is -2.31. The maximum absolute atomic E-state index is 13.6. The molecule has 1 aromatic rings. The van der Waals surface area contributed by atoms with E-state index in [2.05, 4.69) is 0 Å². The summed E-state index contributed by atoms with van der Waals surface area (Å²) < 4.78 is 18.9. The van der Waals surface area contributed by atoms with E-state index in [9.17, 15) is 9.18 Å². The largest absolute Gasteiger partial charge is 0.478 e. The van der Waals surface area contributed by atoms with Crippen LogP contribution in [0.2, 0.25) is 0 Å². The van der Waals surface area contributed by atoms with Crippen LogP contribution in [-0.2, 0) is 9.53 Å². The van der Waals surface area contributed by atoms with Gasteiger partial charge in [0.2, 0.25) is 0 Å². The minimum Gasteiger partial charge on any atom is -0.478 e. The summed E-state index contributed by atoms with van der Waals surface area (Å²) in [6.45, 7) is 1.35. The highest BCUT2D eigenvalue weighted by Crippen LogP contribution is 2.23. The molecule has 0 amide bonds. The highest BCUT2D eigenvalue weighted by molar-refractivity contribution is 5.85. The van der Waals surface area contributed by atoms with Crippen LogP contribution >= 0.6 is 0 Å². The van der Waals surface area contributed by atoms with Gasteiger partial charge < -0.3 is 14.7 Å². The Kier molecular flexibility index (Phi) is 4.16. The molecule has 0 aromatic heterocycles. The lowest BCUT2D eigenvalue weighted by molar-refractivity contribution is -0.131. The topological polar surface area (TPSA) is 49.8 Å². The van der Waals surface area contributed by atoms with Crippen molar-refractivity contribution in [2.75, 3.05) is 25.2 Å². The second-order valence-corrected chi connectivity index (χ2v) is 4.54. The van der Waals surface area contributed by atoms with E-state index in [-0.39, 0.29) is 11.9 Å². The number of hydrogen-bond donors (Lipinski definition) is 1. The van der Waals surface area contributed by atoms with Crippen molar-refractivity contribution in [2.24, 2.45) is 0 Å². The molecule has 19 heavy (non-hydrogen) atoms. The molecule has 1 atom stereocenters. The summed E-state index contributed by atoms with van der Waals surface area (Å²) in [6.07, 6.45) is 3.29. The number of aliphatic carboxylic acids is 1. The number of benzene rings is 1. The van der Waals surface area contributed by atoms with E-state index in [0.29, 0.717) is 12.2 Å². The van der Waals surface area contributed by atoms with Gasteiger partial charge in [0.05, 0.1) is 12.6 Å². The first-order chi connectivity index (χ1) is 9.06. The molecule has 0 bridgehead atoms. The van der Waals surface area contributed by atoms with Gasteiger partial charge in [0.15, 0.2) is 0 Å². The number of nitrogens with zero attached hydrogens (tertiary/aromatic N) is 1. The summed E-state index contributed by atoms with van der Waals surface area (Å²) in [6, 6.07) is 4.75. The van der Waals surface area contributed by atoms with Crippen molar-refractivity contribution >= 4 is 17.7 Å². The zero-order chi connectivity index (χ0) is 13.8. The minimum absolute atomic E-state index is 0.234. The Hall–Kier alpha value is -1.88. The molecule has 1 heterocycles. The van der Waals surface area contributed by atoms with Crippen LogP contribution in [0.25, 0.3) is 6.08 Å². The third kappa shape index (κ3) is 3.54. The average molecular weight is 265 g/mol. The van der Waals surface area contributed by atoms with Gasteiger partial charge in [-0.25, -0.2) is 9.18 Å². The van der Waals surface area contributed by atoms with E-state index in [1.807, 2.05) is 11.9 Å². The molecule has 5 heteroatoms. The number of carboxylic acid groups (broad SMARTS) is 1. The zero-order valence-corrected chi connectivity index (χ0v) is 10.7. The maximum atomic E-state index is 13.6. The lowest BCUT2D eigenvalue weighted by atomic mass is 10.1. The third-order valence-corrected chi connectivity index (χ3v) is 3.18. The van der Waals surface area contributed by atoms with Crippen LogP contribution in [0.5, 0.6) is 0 Å². The molecule has 102 valence electrons. The summed E-state index contributed by atoms with van der Waals surface area (Å²) in [5.74, 6) is -1.43. The zero-order valence-electron chi connectivity index (χ0n) is 10.7. The van der Waals surface area contributed by atoms with Crippen molar-refractivity contribution in [1.82, 2.24) is 0 Å². The number of rotatable bonds is 4. The van der Waals surface area contributed by atoms with Crippen molar-refractivity contribution < 1.29 is 19.0 Å². The van der Waals surface area contributed by atoms with Crippen molar-refractivity contribution in [3.8, 4) is 0 Å². The fourth-order valence-electron chi connectivity index (χ4n) is 2.10. The van der Waals surface area contributed by atoms with Crippen molar-refractivity contribution in [3.05, 3.63) is 35.7 Å². The van der Waals surface area contributed by atoms with Gasteiger partial charge in [-0.15, -0.1) is 0 Å². The van der Waals surface area contributed by atoms with Gasteiger partial charge in [-0.2, -0.15) is 0 Å². The number of ether oxygens (including phenoxy) is 1. The van der Waals surface area contributed by atoms with Gasteiger partial charge in [-0.3, -0.25) is 0 Å². The first-order valence-corrected chi connectivity index (χ1v) is 6.08. The molecular formula is C14H16FNO3. The predicted octanol–water partition coefficient (Wildman–Crippen LogP) is 2.15. The van der Waals surface area contributed by atoms with E-state index in [1.54, 1.807) is 6.07 Å². The highest BCUT2D eigenvalue weighted by Gasteiger charge is 2.21. The number of halogens is 1. The summed E-state index contributed by atoms with van der Waals surface area (Å²) in [4.78, 5) is 12.4.